The van der Waals surface area contributed by atoms with Gasteiger partial charge in [-0.2, -0.15) is 11.8 Å². The Morgan fingerprint density at radius 1 is 1.31 bits per heavy atom. The van der Waals surface area contributed by atoms with Crippen LogP contribution in [0.1, 0.15) is 32.1 Å². The molecule has 1 fully saturated rings. The maximum absolute atomic E-state index is 11.4. The Bertz CT molecular complexity index is 278. The molecule has 0 spiro atoms. The normalized spacial score (nSPS) is 24.4. The molecular weight excluding hydrogens is 242 g/mol. The van der Waals surface area contributed by atoms with Gasteiger partial charge in [-0.3, -0.25) is 0 Å². The number of nitrogens with one attached hydrogen (secondary N) is 1. The number of hydrogen-bond donors (Lipinski definition) is 1. The summed E-state index contributed by atoms with van der Waals surface area (Å²) in [7, 11) is -2.75. The third kappa shape index (κ3) is 6.11. The lowest BCUT2D eigenvalue weighted by Gasteiger charge is -2.23. The summed E-state index contributed by atoms with van der Waals surface area (Å²) in [5.74, 6) is 1.97. The number of sulfone groups is 1. The number of thioether (sulfide) groups is 1. The first-order chi connectivity index (χ1) is 7.64. The molecule has 0 saturated carbocycles. The minimum Gasteiger partial charge on any atom is -0.313 e. The lowest BCUT2D eigenvalue weighted by molar-refractivity contribution is 0.472. The molecule has 1 saturated heterocycles. The topological polar surface area (TPSA) is 46.2 Å². The third-order valence-electron chi connectivity index (χ3n) is 2.92. The molecule has 0 bridgehead atoms. The molecule has 1 rings (SSSR count). The average molecular weight is 265 g/mol. The Morgan fingerprint density at radius 2 is 2.12 bits per heavy atom. The quantitative estimate of drug-likeness (QED) is 0.712. The molecule has 16 heavy (non-hydrogen) atoms. The Balaban J connectivity index is 2.04. The highest BCUT2D eigenvalue weighted by atomic mass is 32.2. The lowest BCUT2D eigenvalue weighted by atomic mass is 10.2. The second-order valence-electron chi connectivity index (χ2n) is 4.46. The van der Waals surface area contributed by atoms with Gasteiger partial charge < -0.3 is 5.32 Å². The first-order valence-electron chi connectivity index (χ1n) is 6.07. The van der Waals surface area contributed by atoms with Crippen molar-refractivity contribution in [1.82, 2.24) is 5.32 Å². The number of hydrogen-bond acceptors (Lipinski definition) is 4. The second kappa shape index (κ2) is 7.56. The van der Waals surface area contributed by atoms with Crippen molar-refractivity contribution in [3.63, 3.8) is 0 Å². The van der Waals surface area contributed by atoms with Gasteiger partial charge in [-0.05, 0) is 44.2 Å². The van der Waals surface area contributed by atoms with E-state index in [1.54, 1.807) is 0 Å². The largest absolute Gasteiger partial charge is 0.313 e. The van der Waals surface area contributed by atoms with Crippen molar-refractivity contribution in [2.75, 3.05) is 30.1 Å². The molecule has 3 nitrogen and oxygen atoms in total. The van der Waals surface area contributed by atoms with Crippen LogP contribution in [0, 0.1) is 0 Å². The van der Waals surface area contributed by atoms with E-state index in [0.717, 1.165) is 25.8 Å². The molecule has 0 aromatic rings. The minimum absolute atomic E-state index is 0.208. The number of unbranched alkanes of at least 4 members (excludes halogenated alkanes) is 2. The van der Waals surface area contributed by atoms with Gasteiger partial charge in [0.15, 0.2) is 9.84 Å². The van der Waals surface area contributed by atoms with Crippen molar-refractivity contribution in [1.29, 1.82) is 0 Å². The molecule has 1 N–H and O–H groups in total. The summed E-state index contributed by atoms with van der Waals surface area (Å²) in [5, 5.41) is 3.37. The molecule has 1 aliphatic heterocycles. The second-order valence-corrected chi connectivity index (χ2v) is 7.68. The van der Waals surface area contributed by atoms with Crippen molar-refractivity contribution in [3.8, 4) is 0 Å². The van der Waals surface area contributed by atoms with E-state index < -0.39 is 9.84 Å². The van der Waals surface area contributed by atoms with Crippen molar-refractivity contribution in [3.05, 3.63) is 0 Å². The highest BCUT2D eigenvalue weighted by molar-refractivity contribution is 7.98. The van der Waals surface area contributed by atoms with Crippen LogP contribution < -0.4 is 5.32 Å². The molecule has 5 heteroatoms. The molecule has 0 amide bonds. The number of rotatable bonds is 7. The summed E-state index contributed by atoms with van der Waals surface area (Å²) in [6.45, 7) is 0.967. The fourth-order valence-electron chi connectivity index (χ4n) is 2.04. The van der Waals surface area contributed by atoms with E-state index in [1.807, 2.05) is 11.8 Å². The van der Waals surface area contributed by atoms with E-state index in [-0.39, 0.29) is 6.04 Å². The smallest absolute Gasteiger partial charge is 0.151 e. The van der Waals surface area contributed by atoms with Gasteiger partial charge in [-0.1, -0.05) is 6.42 Å². The van der Waals surface area contributed by atoms with Gasteiger partial charge in [0.25, 0.3) is 0 Å². The van der Waals surface area contributed by atoms with E-state index in [0.29, 0.717) is 11.5 Å². The summed E-state index contributed by atoms with van der Waals surface area (Å²) in [4.78, 5) is 0. The Labute approximate surface area is 104 Å². The zero-order chi connectivity index (χ0) is 11.9. The molecular formula is C11H23NO2S2. The molecule has 0 radical (unpaired) electrons. The predicted molar refractivity (Wildman–Crippen MR) is 71.9 cm³/mol. The van der Waals surface area contributed by atoms with Crippen LogP contribution in [-0.2, 0) is 9.84 Å². The highest BCUT2D eigenvalue weighted by Gasteiger charge is 2.23. The van der Waals surface area contributed by atoms with E-state index in [2.05, 4.69) is 11.6 Å². The Kier molecular flexibility index (Phi) is 6.77. The monoisotopic (exact) mass is 265 g/mol. The van der Waals surface area contributed by atoms with Crippen LogP contribution in [0.2, 0.25) is 0 Å². The zero-order valence-electron chi connectivity index (χ0n) is 10.1. The molecule has 96 valence electrons. The van der Waals surface area contributed by atoms with Gasteiger partial charge >= 0.3 is 0 Å². The SMILES string of the molecule is CSCCCCCNC1CCCS(=O)(=O)C1. The standard InChI is InChI=1S/C11H23NO2S2/c1-15-8-4-2-3-7-12-11-6-5-9-16(13,14)10-11/h11-12H,2-10H2,1H3. The van der Waals surface area contributed by atoms with Gasteiger partial charge in [0.2, 0.25) is 0 Å². The van der Waals surface area contributed by atoms with Crippen LogP contribution in [-0.4, -0.2) is 44.5 Å². The maximum atomic E-state index is 11.4. The molecule has 1 heterocycles. The molecule has 1 aliphatic rings. The van der Waals surface area contributed by atoms with Crippen molar-refractivity contribution < 1.29 is 8.42 Å². The molecule has 0 aromatic heterocycles. The first-order valence-corrected chi connectivity index (χ1v) is 9.28. The summed E-state index contributed by atoms with van der Waals surface area (Å²) >= 11 is 1.89. The average Bonchev–Trinajstić information content (AvgIpc) is 2.22. The highest BCUT2D eigenvalue weighted by Crippen LogP contribution is 2.12. The fourth-order valence-corrected chi connectivity index (χ4v) is 4.20. The zero-order valence-corrected chi connectivity index (χ0v) is 11.7. The van der Waals surface area contributed by atoms with Crippen LogP contribution in [0.15, 0.2) is 0 Å². The Morgan fingerprint density at radius 3 is 2.81 bits per heavy atom. The molecule has 1 unspecified atom stereocenters. The van der Waals surface area contributed by atoms with E-state index >= 15 is 0 Å². The van der Waals surface area contributed by atoms with Gasteiger partial charge in [0.05, 0.1) is 11.5 Å². The first kappa shape index (κ1) is 14.3. The van der Waals surface area contributed by atoms with E-state index in [9.17, 15) is 8.42 Å². The van der Waals surface area contributed by atoms with Crippen LogP contribution in [0.4, 0.5) is 0 Å². The van der Waals surface area contributed by atoms with Gasteiger partial charge in [-0.15, -0.1) is 0 Å². The van der Waals surface area contributed by atoms with E-state index in [4.69, 9.17) is 0 Å². The van der Waals surface area contributed by atoms with Gasteiger partial charge in [-0.25, -0.2) is 8.42 Å². The van der Waals surface area contributed by atoms with Crippen molar-refractivity contribution >= 4 is 21.6 Å². The maximum Gasteiger partial charge on any atom is 0.151 e. The van der Waals surface area contributed by atoms with Crippen molar-refractivity contribution in [2.24, 2.45) is 0 Å². The Hall–Kier alpha value is 0.260. The van der Waals surface area contributed by atoms with Gasteiger partial charge in [0, 0.05) is 6.04 Å². The van der Waals surface area contributed by atoms with Crippen molar-refractivity contribution in [2.45, 2.75) is 38.1 Å². The van der Waals surface area contributed by atoms with Crippen LogP contribution in [0.25, 0.3) is 0 Å². The minimum atomic E-state index is -2.75. The van der Waals surface area contributed by atoms with Crippen LogP contribution >= 0.6 is 11.8 Å². The fraction of sp³-hybridized carbons (Fsp3) is 1.00. The van der Waals surface area contributed by atoms with Crippen LogP contribution in [0.5, 0.6) is 0 Å². The summed E-state index contributed by atoms with van der Waals surface area (Å²) < 4.78 is 22.8. The molecule has 1 atom stereocenters. The van der Waals surface area contributed by atoms with Crippen LogP contribution in [0.3, 0.4) is 0 Å². The van der Waals surface area contributed by atoms with Gasteiger partial charge in [0.1, 0.15) is 0 Å². The predicted octanol–water partition coefficient (Wildman–Crippen LogP) is 1.69. The molecule has 0 aliphatic carbocycles. The third-order valence-corrected chi connectivity index (χ3v) is 5.44. The lowest BCUT2D eigenvalue weighted by Crippen LogP contribution is -2.40. The van der Waals surface area contributed by atoms with E-state index in [1.165, 1.54) is 18.6 Å². The summed E-state index contributed by atoms with van der Waals surface area (Å²) in [5.41, 5.74) is 0. The summed E-state index contributed by atoms with van der Waals surface area (Å²) in [6, 6.07) is 0.208. The molecule has 0 aromatic carbocycles. The summed E-state index contributed by atoms with van der Waals surface area (Å²) in [6.07, 6.45) is 7.65.